The van der Waals surface area contributed by atoms with Crippen LogP contribution in [0.4, 0.5) is 5.69 Å². The normalized spacial score (nSPS) is 11.6. The standard InChI is InChI=1S/C12H15ClN4O2S/c1-3-6-17-8-12(15-9(17)2)20(18,19)16-11-7-14-5-4-10(11)13/h4-5,7-8,16H,3,6H2,1-2H3. The molecule has 0 unspecified atom stereocenters. The second-order valence-corrected chi connectivity index (χ2v) is 6.32. The average Bonchev–Trinajstić information content (AvgIpc) is 2.75. The summed E-state index contributed by atoms with van der Waals surface area (Å²) in [4.78, 5) is 7.91. The van der Waals surface area contributed by atoms with Gasteiger partial charge in [0.2, 0.25) is 0 Å². The third kappa shape index (κ3) is 3.10. The summed E-state index contributed by atoms with van der Waals surface area (Å²) in [5.74, 6) is 0.657. The lowest BCUT2D eigenvalue weighted by atomic mass is 10.4. The molecule has 0 aliphatic carbocycles. The number of nitrogens with zero attached hydrogens (tertiary/aromatic N) is 3. The van der Waals surface area contributed by atoms with Crippen LogP contribution in [0.5, 0.6) is 0 Å². The van der Waals surface area contributed by atoms with Gasteiger partial charge in [-0.15, -0.1) is 0 Å². The van der Waals surface area contributed by atoms with E-state index in [2.05, 4.69) is 14.7 Å². The smallest absolute Gasteiger partial charge is 0.281 e. The minimum absolute atomic E-state index is 0.0247. The number of hydrogen-bond acceptors (Lipinski definition) is 4. The Bertz CT molecular complexity index is 712. The fourth-order valence-corrected chi connectivity index (χ4v) is 3.01. The predicted molar refractivity (Wildman–Crippen MR) is 77.3 cm³/mol. The summed E-state index contributed by atoms with van der Waals surface area (Å²) in [5.41, 5.74) is 0.233. The fourth-order valence-electron chi connectivity index (χ4n) is 1.73. The topological polar surface area (TPSA) is 76.9 Å². The molecule has 0 aliphatic heterocycles. The number of halogens is 1. The minimum atomic E-state index is -3.76. The van der Waals surface area contributed by atoms with E-state index in [0.717, 1.165) is 13.0 Å². The first-order valence-corrected chi connectivity index (χ1v) is 7.96. The molecule has 0 saturated heterocycles. The van der Waals surface area contributed by atoms with Crippen molar-refractivity contribution in [2.45, 2.75) is 31.8 Å². The van der Waals surface area contributed by atoms with Crippen LogP contribution in [0.2, 0.25) is 5.02 Å². The highest BCUT2D eigenvalue weighted by molar-refractivity contribution is 7.92. The van der Waals surface area contributed by atoms with Gasteiger partial charge in [0.05, 0.1) is 16.9 Å². The zero-order valence-corrected chi connectivity index (χ0v) is 12.7. The van der Waals surface area contributed by atoms with Crippen LogP contribution in [0.3, 0.4) is 0 Å². The molecule has 8 heteroatoms. The lowest BCUT2D eigenvalue weighted by Crippen LogP contribution is -2.14. The van der Waals surface area contributed by atoms with E-state index < -0.39 is 10.0 Å². The molecule has 0 radical (unpaired) electrons. The monoisotopic (exact) mass is 314 g/mol. The number of imidazole rings is 1. The maximum atomic E-state index is 12.3. The Hall–Kier alpha value is -1.60. The summed E-state index contributed by atoms with van der Waals surface area (Å²) in [5, 5.41) is 0.261. The molecule has 2 rings (SSSR count). The first kappa shape index (κ1) is 14.8. The average molecular weight is 315 g/mol. The highest BCUT2D eigenvalue weighted by Gasteiger charge is 2.20. The fraction of sp³-hybridized carbons (Fsp3) is 0.333. The van der Waals surface area contributed by atoms with Crippen LogP contribution in [-0.2, 0) is 16.6 Å². The van der Waals surface area contributed by atoms with E-state index in [4.69, 9.17) is 11.6 Å². The van der Waals surface area contributed by atoms with Gasteiger partial charge < -0.3 is 4.57 Å². The van der Waals surface area contributed by atoms with E-state index in [1.807, 2.05) is 6.92 Å². The zero-order chi connectivity index (χ0) is 14.8. The van der Waals surface area contributed by atoms with Crippen molar-refractivity contribution >= 4 is 27.3 Å². The number of nitrogens with one attached hydrogen (secondary N) is 1. The zero-order valence-electron chi connectivity index (χ0n) is 11.2. The van der Waals surface area contributed by atoms with E-state index in [-0.39, 0.29) is 15.7 Å². The Kier molecular flexibility index (Phi) is 4.29. The molecule has 108 valence electrons. The number of sulfonamides is 1. The van der Waals surface area contributed by atoms with E-state index in [9.17, 15) is 8.42 Å². The SMILES string of the molecule is CCCn1cc(S(=O)(=O)Nc2cnccc2Cl)nc1C. The maximum Gasteiger partial charge on any atom is 0.281 e. The molecule has 0 amide bonds. The summed E-state index contributed by atoms with van der Waals surface area (Å²) in [6.45, 7) is 4.51. The van der Waals surface area contributed by atoms with Crippen molar-refractivity contribution in [3.05, 3.63) is 35.5 Å². The first-order chi connectivity index (χ1) is 9.44. The van der Waals surface area contributed by atoms with E-state index >= 15 is 0 Å². The Morgan fingerprint density at radius 3 is 2.85 bits per heavy atom. The number of hydrogen-bond donors (Lipinski definition) is 1. The number of rotatable bonds is 5. The molecule has 0 fully saturated rings. The summed E-state index contributed by atoms with van der Waals surface area (Å²) in [6.07, 6.45) is 5.26. The Morgan fingerprint density at radius 1 is 1.45 bits per heavy atom. The summed E-state index contributed by atoms with van der Waals surface area (Å²) < 4.78 is 28.7. The Labute approximate surface area is 122 Å². The third-order valence-corrected chi connectivity index (χ3v) is 4.27. The molecular formula is C12H15ClN4O2S. The molecule has 0 saturated carbocycles. The number of aromatic nitrogens is 3. The lowest BCUT2D eigenvalue weighted by molar-refractivity contribution is 0.597. The van der Waals surface area contributed by atoms with Crippen molar-refractivity contribution in [3.63, 3.8) is 0 Å². The summed E-state index contributed by atoms with van der Waals surface area (Å²) >= 11 is 5.91. The van der Waals surface area contributed by atoms with Crippen LogP contribution in [0.1, 0.15) is 19.2 Å². The molecule has 6 nitrogen and oxygen atoms in total. The van der Waals surface area contributed by atoms with Crippen LogP contribution in [0.15, 0.2) is 29.7 Å². The molecule has 20 heavy (non-hydrogen) atoms. The number of pyridine rings is 1. The highest BCUT2D eigenvalue weighted by atomic mass is 35.5. The van der Waals surface area contributed by atoms with E-state index in [1.54, 1.807) is 11.5 Å². The van der Waals surface area contributed by atoms with Gasteiger partial charge >= 0.3 is 0 Å². The highest BCUT2D eigenvalue weighted by Crippen LogP contribution is 2.22. The molecule has 0 aliphatic rings. The largest absolute Gasteiger partial charge is 0.334 e. The summed E-state index contributed by atoms with van der Waals surface area (Å²) in [7, 11) is -3.76. The van der Waals surface area contributed by atoms with Gasteiger partial charge in [-0.2, -0.15) is 8.42 Å². The summed E-state index contributed by atoms with van der Waals surface area (Å²) in [6, 6.07) is 1.51. The van der Waals surface area contributed by atoms with Crippen molar-refractivity contribution < 1.29 is 8.42 Å². The molecule has 0 atom stereocenters. The van der Waals surface area contributed by atoms with Gasteiger partial charge in [-0.05, 0) is 19.4 Å². The molecule has 0 spiro atoms. The molecule has 0 aromatic carbocycles. The maximum absolute atomic E-state index is 12.3. The van der Waals surface area contributed by atoms with Crippen molar-refractivity contribution in [1.82, 2.24) is 14.5 Å². The van der Waals surface area contributed by atoms with Crippen LogP contribution >= 0.6 is 11.6 Å². The van der Waals surface area contributed by atoms with Gasteiger partial charge in [0.25, 0.3) is 10.0 Å². The molecule has 2 heterocycles. The quantitative estimate of drug-likeness (QED) is 0.919. The van der Waals surface area contributed by atoms with Crippen molar-refractivity contribution in [2.24, 2.45) is 0 Å². The van der Waals surface area contributed by atoms with Gasteiger partial charge in [0.1, 0.15) is 5.82 Å². The van der Waals surface area contributed by atoms with Crippen molar-refractivity contribution in [2.75, 3.05) is 4.72 Å². The van der Waals surface area contributed by atoms with Crippen molar-refractivity contribution in [3.8, 4) is 0 Å². The second-order valence-electron chi connectivity index (χ2n) is 4.28. The van der Waals surface area contributed by atoms with Crippen LogP contribution < -0.4 is 4.72 Å². The van der Waals surface area contributed by atoms with E-state index in [0.29, 0.717) is 5.82 Å². The molecule has 2 aromatic rings. The third-order valence-electron chi connectivity index (χ3n) is 2.71. The second kappa shape index (κ2) is 5.80. The van der Waals surface area contributed by atoms with E-state index in [1.165, 1.54) is 24.7 Å². The van der Waals surface area contributed by atoms with Gasteiger partial charge in [-0.3, -0.25) is 9.71 Å². The van der Waals surface area contributed by atoms with Crippen LogP contribution in [0, 0.1) is 6.92 Å². The lowest BCUT2D eigenvalue weighted by Gasteiger charge is -2.06. The molecule has 0 bridgehead atoms. The van der Waals surface area contributed by atoms with Crippen molar-refractivity contribution in [1.29, 1.82) is 0 Å². The Balaban J connectivity index is 2.31. The van der Waals surface area contributed by atoms with Crippen LogP contribution in [0.25, 0.3) is 0 Å². The first-order valence-electron chi connectivity index (χ1n) is 6.10. The van der Waals surface area contributed by atoms with Gasteiger partial charge in [0, 0.05) is 18.9 Å². The van der Waals surface area contributed by atoms with Gasteiger partial charge in [0.15, 0.2) is 5.03 Å². The molecular weight excluding hydrogens is 300 g/mol. The van der Waals surface area contributed by atoms with Crippen LogP contribution in [-0.4, -0.2) is 23.0 Å². The molecule has 1 N–H and O–H groups in total. The molecule has 2 aromatic heterocycles. The van der Waals surface area contributed by atoms with Gasteiger partial charge in [-0.1, -0.05) is 18.5 Å². The number of aryl methyl sites for hydroxylation is 2. The minimum Gasteiger partial charge on any atom is -0.334 e. The number of anilines is 1. The van der Waals surface area contributed by atoms with Gasteiger partial charge in [-0.25, -0.2) is 4.98 Å². The Morgan fingerprint density at radius 2 is 2.20 bits per heavy atom. The predicted octanol–water partition coefficient (Wildman–Crippen LogP) is 2.45.